The van der Waals surface area contributed by atoms with Crippen molar-refractivity contribution in [2.24, 2.45) is 22.9 Å². The number of amides is 1. The number of allylic oxidation sites excluding steroid dienone is 1. The smallest absolute Gasteiger partial charge is 0.269 e. The zero-order valence-electron chi connectivity index (χ0n) is 30.6. The molecule has 1 saturated carbocycles. The van der Waals surface area contributed by atoms with Crippen molar-refractivity contribution in [2.75, 3.05) is 40.6 Å². The van der Waals surface area contributed by atoms with E-state index in [1.165, 1.54) is 25.3 Å². The third-order valence-corrected chi connectivity index (χ3v) is 10.6. The molecule has 1 aliphatic heterocycles. The summed E-state index contributed by atoms with van der Waals surface area (Å²) in [4.78, 5) is 31.8. The Morgan fingerprint density at radius 2 is 1.79 bits per heavy atom. The van der Waals surface area contributed by atoms with Crippen molar-refractivity contribution in [2.45, 2.75) is 62.7 Å². The van der Waals surface area contributed by atoms with Gasteiger partial charge in [-0.1, -0.05) is 42.8 Å². The van der Waals surface area contributed by atoms with Gasteiger partial charge >= 0.3 is 0 Å². The number of oxime groups is 1. The first kappa shape index (κ1) is 39.4. The number of benzene rings is 2. The van der Waals surface area contributed by atoms with Crippen molar-refractivity contribution >= 4 is 23.4 Å². The number of non-ortho nitro benzene ring substituents is 1. The minimum Gasteiger partial charge on any atom is -0.490 e. The van der Waals surface area contributed by atoms with E-state index >= 15 is 0 Å². The molecule has 0 radical (unpaired) electrons. The molecule has 12 heteroatoms. The normalized spacial score (nSPS) is 25.1. The summed E-state index contributed by atoms with van der Waals surface area (Å²) in [5, 5.41) is 35.2. The van der Waals surface area contributed by atoms with E-state index in [2.05, 4.69) is 24.4 Å². The van der Waals surface area contributed by atoms with Gasteiger partial charge in [0.25, 0.3) is 5.69 Å². The Kier molecular flexibility index (Phi) is 13.6. The molecular formula is C41H51N3O9. The van der Waals surface area contributed by atoms with Crippen LogP contribution in [0.4, 0.5) is 5.69 Å². The number of rotatable bonds is 19. The van der Waals surface area contributed by atoms with Crippen LogP contribution in [0.3, 0.4) is 0 Å². The number of nitrogens with zero attached hydrogens (tertiary/aromatic N) is 3. The molecule has 284 valence electrons. The standard InChI is InChI=1S/C41H51N3O9/c1-5-23-51-31-18-19-36-34(26-31)39-32(12-8-10-22-46)29(11-7-9-21-45)25-33-35(42-50-4)27-37(41(53-36,40(33)39)52-24-6-2)43(3)38(47)20-15-28-13-16-30(17-14-28)44(48)49/h5-6,13-20,25-26,29,32,37,39-40,45-46H,1-2,7-12,21-24,27H2,3-4H3. The summed E-state index contributed by atoms with van der Waals surface area (Å²) in [6.45, 7) is 8.43. The lowest BCUT2D eigenvalue weighted by molar-refractivity contribution is -0.384. The van der Waals surface area contributed by atoms with Crippen molar-refractivity contribution in [1.82, 2.24) is 4.90 Å². The molecule has 0 aromatic heterocycles. The maximum atomic E-state index is 14.1. The van der Waals surface area contributed by atoms with Crippen LogP contribution in [0.15, 0.2) is 90.7 Å². The quantitative estimate of drug-likeness (QED) is 0.0536. The lowest BCUT2D eigenvalue weighted by Gasteiger charge is -2.59. The maximum Gasteiger partial charge on any atom is 0.269 e. The second-order valence-corrected chi connectivity index (χ2v) is 13.7. The van der Waals surface area contributed by atoms with Gasteiger partial charge in [0.2, 0.25) is 11.7 Å². The molecule has 2 N–H and O–H groups in total. The number of ether oxygens (including phenoxy) is 3. The first-order valence-corrected chi connectivity index (χ1v) is 18.3. The molecule has 1 amide bonds. The average molecular weight is 730 g/mol. The van der Waals surface area contributed by atoms with Gasteiger partial charge in [0.1, 0.15) is 31.3 Å². The number of nitro groups is 1. The van der Waals surface area contributed by atoms with Gasteiger partial charge in [0.15, 0.2) is 0 Å². The van der Waals surface area contributed by atoms with Gasteiger partial charge in [-0.2, -0.15) is 0 Å². The fourth-order valence-corrected chi connectivity index (χ4v) is 8.23. The first-order valence-electron chi connectivity index (χ1n) is 18.3. The van der Waals surface area contributed by atoms with E-state index in [1.807, 2.05) is 18.2 Å². The second-order valence-electron chi connectivity index (χ2n) is 13.7. The highest BCUT2D eigenvalue weighted by atomic mass is 16.7. The topological polar surface area (TPSA) is 153 Å². The van der Waals surface area contributed by atoms with E-state index in [-0.39, 0.29) is 55.6 Å². The summed E-state index contributed by atoms with van der Waals surface area (Å²) < 4.78 is 20.0. The van der Waals surface area contributed by atoms with Gasteiger partial charge in [-0.15, -0.1) is 6.58 Å². The summed E-state index contributed by atoms with van der Waals surface area (Å²) in [5.74, 6) is -0.792. The van der Waals surface area contributed by atoms with Gasteiger partial charge in [0.05, 0.1) is 23.2 Å². The molecule has 0 spiro atoms. The fourth-order valence-electron chi connectivity index (χ4n) is 8.23. The Morgan fingerprint density at radius 3 is 2.45 bits per heavy atom. The van der Waals surface area contributed by atoms with Crippen molar-refractivity contribution in [1.29, 1.82) is 0 Å². The van der Waals surface area contributed by atoms with Crippen LogP contribution < -0.4 is 9.47 Å². The molecule has 0 bridgehead atoms. The number of carbonyl (C=O) groups excluding carboxylic acids is 1. The number of hydrogen-bond donors (Lipinski definition) is 2. The molecule has 53 heavy (non-hydrogen) atoms. The Bertz CT molecular complexity index is 1700. The van der Waals surface area contributed by atoms with Crippen LogP contribution >= 0.6 is 0 Å². The fraction of sp³-hybridized carbons (Fsp3) is 0.463. The predicted octanol–water partition coefficient (Wildman–Crippen LogP) is 6.59. The van der Waals surface area contributed by atoms with Crippen LogP contribution in [0.5, 0.6) is 11.5 Å². The molecule has 6 unspecified atom stereocenters. The Labute approximate surface area is 311 Å². The number of carbonyl (C=O) groups is 1. The lowest BCUT2D eigenvalue weighted by atomic mass is 9.55. The molecule has 0 saturated heterocycles. The van der Waals surface area contributed by atoms with Gasteiger partial charge in [-0.3, -0.25) is 14.9 Å². The number of unbranched alkanes of at least 4 members (excludes halogenated alkanes) is 2. The molecule has 3 aliphatic rings. The number of aliphatic hydroxyl groups is 2. The van der Waals surface area contributed by atoms with Crippen LogP contribution in [-0.2, 0) is 14.4 Å². The van der Waals surface area contributed by atoms with E-state index in [1.54, 1.807) is 42.3 Å². The third-order valence-electron chi connectivity index (χ3n) is 10.6. The summed E-state index contributed by atoms with van der Waals surface area (Å²) in [6, 6.07) is 11.1. The highest BCUT2D eigenvalue weighted by molar-refractivity contribution is 6.03. The lowest BCUT2D eigenvalue weighted by Crippen LogP contribution is -2.69. The number of fused-ring (bicyclic) bond motifs is 2. The van der Waals surface area contributed by atoms with Crippen molar-refractivity contribution in [3.05, 3.63) is 107 Å². The minimum absolute atomic E-state index is 0.0376. The zero-order chi connectivity index (χ0) is 38.0. The van der Waals surface area contributed by atoms with E-state index < -0.39 is 22.7 Å². The van der Waals surface area contributed by atoms with Crippen LogP contribution in [0, 0.1) is 27.9 Å². The molecule has 6 atom stereocenters. The van der Waals surface area contributed by atoms with Crippen LogP contribution in [-0.4, -0.2) is 84.1 Å². The summed E-state index contributed by atoms with van der Waals surface area (Å²) in [7, 11) is 3.22. The highest BCUT2D eigenvalue weighted by Gasteiger charge is 2.65. The molecule has 1 heterocycles. The van der Waals surface area contributed by atoms with Gasteiger partial charge < -0.3 is 34.2 Å². The van der Waals surface area contributed by atoms with Gasteiger partial charge in [-0.25, -0.2) is 0 Å². The van der Waals surface area contributed by atoms with Crippen LogP contribution in [0.1, 0.15) is 62.0 Å². The van der Waals surface area contributed by atoms with E-state index in [9.17, 15) is 25.1 Å². The molecule has 1 fully saturated rings. The maximum absolute atomic E-state index is 14.1. The second kappa shape index (κ2) is 18.3. The average Bonchev–Trinajstić information content (AvgIpc) is 3.17. The van der Waals surface area contributed by atoms with Crippen molar-refractivity contribution < 1.29 is 39.0 Å². The molecule has 12 nitrogen and oxygen atoms in total. The number of hydrogen-bond acceptors (Lipinski definition) is 10. The van der Waals surface area contributed by atoms with E-state index in [0.29, 0.717) is 42.2 Å². The Balaban J connectivity index is 1.67. The van der Waals surface area contributed by atoms with Crippen LogP contribution in [0.2, 0.25) is 0 Å². The van der Waals surface area contributed by atoms with Crippen LogP contribution in [0.25, 0.3) is 6.08 Å². The summed E-state index contributed by atoms with van der Waals surface area (Å²) in [5.41, 5.74) is 3.19. The largest absolute Gasteiger partial charge is 0.490 e. The Hall–Kier alpha value is -4.78. The zero-order valence-corrected chi connectivity index (χ0v) is 30.6. The molecular weight excluding hydrogens is 678 g/mol. The predicted molar refractivity (Wildman–Crippen MR) is 203 cm³/mol. The van der Waals surface area contributed by atoms with Crippen molar-refractivity contribution in [3.63, 3.8) is 0 Å². The summed E-state index contributed by atoms with van der Waals surface area (Å²) >= 11 is 0. The SMILES string of the molecule is C=CCOc1ccc2c(c1)C1C(CCCCO)C(CCCCO)C=C3C(=NOC)CC(N(C)C(=O)C=Cc4ccc([N+](=O)[O-])cc4)C(OCC=C)(O2)C31. The number of likely N-dealkylation sites (N-methyl/N-ethyl adjacent to an activating group) is 1. The van der Waals surface area contributed by atoms with Gasteiger partial charge in [-0.05, 0) is 85.1 Å². The molecule has 2 aliphatic carbocycles. The molecule has 5 rings (SSSR count). The number of aliphatic hydroxyl groups excluding tert-OH is 2. The highest BCUT2D eigenvalue weighted by Crippen LogP contribution is 2.61. The third kappa shape index (κ3) is 8.56. The monoisotopic (exact) mass is 729 g/mol. The molecule has 2 aromatic carbocycles. The van der Waals surface area contributed by atoms with Gasteiger partial charge in [0, 0.05) is 56.4 Å². The number of nitro benzene ring substituents is 1. The van der Waals surface area contributed by atoms with Crippen molar-refractivity contribution in [3.8, 4) is 11.5 Å². The van der Waals surface area contributed by atoms with E-state index in [0.717, 1.165) is 36.8 Å². The molecule has 2 aromatic rings. The van der Waals surface area contributed by atoms with E-state index in [4.69, 9.17) is 19.0 Å². The minimum atomic E-state index is -1.37. The first-order chi connectivity index (χ1) is 25.7. The Morgan fingerprint density at radius 1 is 1.08 bits per heavy atom. The summed E-state index contributed by atoms with van der Waals surface area (Å²) in [6.07, 6.45) is 13.6.